The minimum atomic E-state index is -4.65. The van der Waals surface area contributed by atoms with Gasteiger partial charge in [-0.3, -0.25) is 4.68 Å². The molecule has 3 heterocycles. The Morgan fingerprint density at radius 1 is 1.35 bits per heavy atom. The molecular weight excluding hydrogens is 373 g/mol. The summed E-state index contributed by atoms with van der Waals surface area (Å²) in [4.78, 5) is 1.11. The number of aryl methyl sites for hydroxylation is 1. The van der Waals surface area contributed by atoms with Gasteiger partial charge >= 0.3 is 0 Å². The van der Waals surface area contributed by atoms with Gasteiger partial charge in [0.1, 0.15) is 16.9 Å². The summed E-state index contributed by atoms with van der Waals surface area (Å²) >= 11 is 0. The van der Waals surface area contributed by atoms with E-state index >= 15 is 4.39 Å². The highest BCUT2D eigenvalue weighted by molar-refractivity contribution is 7.92. The third-order valence-corrected chi connectivity index (χ3v) is 7.09. The maximum Gasteiger partial charge on any atom is 0.283 e. The fourth-order valence-electron chi connectivity index (χ4n) is 3.27. The largest absolute Gasteiger partial charge is 0.363 e. The molecule has 0 amide bonds. The quantitative estimate of drug-likeness (QED) is 0.778. The maximum atomic E-state index is 15.4. The summed E-state index contributed by atoms with van der Waals surface area (Å²) in [6.45, 7) is 1.73. The van der Waals surface area contributed by atoms with Crippen LogP contribution in [0.2, 0.25) is 0 Å². The van der Waals surface area contributed by atoms with Crippen LogP contribution >= 0.6 is 0 Å². The molecule has 2 aromatic rings. The first-order valence-corrected chi connectivity index (χ1v) is 9.53. The zero-order chi connectivity index (χ0) is 19.1. The molecule has 144 valence electrons. The van der Waals surface area contributed by atoms with Crippen molar-refractivity contribution >= 4 is 15.7 Å². The molecule has 0 radical (unpaired) electrons. The van der Waals surface area contributed by atoms with Crippen molar-refractivity contribution in [3.63, 3.8) is 0 Å². The topological polar surface area (TPSA) is 81.2 Å². The summed E-state index contributed by atoms with van der Waals surface area (Å²) < 4.78 is 73.0. The van der Waals surface area contributed by atoms with Gasteiger partial charge in [-0.25, -0.2) is 21.6 Å². The Morgan fingerprint density at radius 2 is 2.00 bits per heavy atom. The van der Waals surface area contributed by atoms with E-state index in [0.29, 0.717) is 18.9 Å². The Morgan fingerprint density at radius 3 is 2.54 bits per heavy atom. The number of piperidine rings is 1. The fraction of sp³-hybridized carbons (Fsp3) is 0.600. The lowest BCUT2D eigenvalue weighted by atomic mass is 9.92. The number of hydrogen-bond donors (Lipinski definition) is 0. The Bertz CT molecular complexity index is 857. The predicted molar refractivity (Wildman–Crippen MR) is 86.3 cm³/mol. The van der Waals surface area contributed by atoms with Crippen LogP contribution in [0.1, 0.15) is 31.9 Å². The van der Waals surface area contributed by atoms with Crippen LogP contribution in [0, 0.1) is 5.92 Å². The highest BCUT2D eigenvalue weighted by Gasteiger charge is 2.50. The molecule has 0 aromatic carbocycles. The highest BCUT2D eigenvalue weighted by Crippen LogP contribution is 2.41. The van der Waals surface area contributed by atoms with Gasteiger partial charge in [0.05, 0.1) is 0 Å². The van der Waals surface area contributed by atoms with E-state index in [1.165, 1.54) is 13.3 Å². The maximum absolute atomic E-state index is 15.4. The van der Waals surface area contributed by atoms with Crippen LogP contribution < -0.4 is 4.90 Å². The summed E-state index contributed by atoms with van der Waals surface area (Å²) in [7, 11) is -3.33. The van der Waals surface area contributed by atoms with Crippen molar-refractivity contribution in [3.8, 4) is 0 Å². The molecule has 0 unspecified atom stereocenters. The molecule has 7 nitrogen and oxygen atoms in total. The summed E-state index contributed by atoms with van der Waals surface area (Å²) in [6.07, 6.45) is -0.281. The van der Waals surface area contributed by atoms with Crippen LogP contribution in [0.3, 0.4) is 0 Å². The number of halogens is 3. The van der Waals surface area contributed by atoms with E-state index in [4.69, 9.17) is 4.52 Å². The smallest absolute Gasteiger partial charge is 0.283 e. The first kappa shape index (κ1) is 18.7. The highest BCUT2D eigenvalue weighted by atomic mass is 32.2. The van der Waals surface area contributed by atoms with Crippen molar-refractivity contribution in [3.05, 3.63) is 24.2 Å². The molecule has 0 spiro atoms. The summed E-state index contributed by atoms with van der Waals surface area (Å²) in [5.74, 6) is -0.236. The second-order valence-corrected chi connectivity index (χ2v) is 8.71. The third kappa shape index (κ3) is 3.08. The third-order valence-electron chi connectivity index (χ3n) is 4.82. The van der Waals surface area contributed by atoms with Crippen LogP contribution in [0.15, 0.2) is 27.9 Å². The zero-order valence-electron chi connectivity index (χ0n) is 14.3. The van der Waals surface area contributed by atoms with Crippen molar-refractivity contribution in [1.82, 2.24) is 14.9 Å². The molecule has 0 saturated carbocycles. The molecule has 26 heavy (non-hydrogen) atoms. The Kier molecular flexibility index (Phi) is 4.76. The molecule has 1 aliphatic heterocycles. The second-order valence-electron chi connectivity index (χ2n) is 6.46. The number of alkyl halides is 3. The molecule has 1 atom stereocenters. The van der Waals surface area contributed by atoms with Gasteiger partial charge in [0.15, 0.2) is 5.82 Å². The van der Waals surface area contributed by atoms with E-state index in [2.05, 4.69) is 10.3 Å². The van der Waals surface area contributed by atoms with Gasteiger partial charge in [0.25, 0.3) is 6.43 Å². The lowest BCUT2D eigenvalue weighted by molar-refractivity contribution is 0.140. The molecule has 0 bridgehead atoms. The van der Waals surface area contributed by atoms with Gasteiger partial charge in [0, 0.05) is 38.3 Å². The monoisotopic (exact) mass is 392 g/mol. The molecule has 1 saturated heterocycles. The molecule has 0 N–H and O–H groups in total. The minimum Gasteiger partial charge on any atom is -0.363 e. The summed E-state index contributed by atoms with van der Waals surface area (Å²) in [5, 5.41) is 4.59. The predicted octanol–water partition coefficient (Wildman–Crippen LogP) is 2.72. The van der Waals surface area contributed by atoms with Crippen molar-refractivity contribution in [2.75, 3.05) is 18.0 Å². The van der Waals surface area contributed by atoms with Gasteiger partial charge in [-0.05, 0) is 19.8 Å². The van der Waals surface area contributed by atoms with Crippen LogP contribution in [-0.2, 0) is 16.9 Å². The number of aromatic nitrogens is 3. The number of rotatable bonds is 5. The van der Waals surface area contributed by atoms with Crippen LogP contribution in [0.25, 0.3) is 0 Å². The van der Waals surface area contributed by atoms with Crippen molar-refractivity contribution in [1.29, 1.82) is 0 Å². The van der Waals surface area contributed by atoms with E-state index < -0.39 is 37.8 Å². The van der Waals surface area contributed by atoms with E-state index in [9.17, 15) is 17.2 Å². The minimum absolute atomic E-state index is 0.239. The van der Waals surface area contributed by atoms with Crippen molar-refractivity contribution in [2.24, 2.45) is 13.0 Å². The normalized spacial score (nSPS) is 19.1. The van der Waals surface area contributed by atoms with Crippen LogP contribution in [0.5, 0.6) is 0 Å². The first-order chi connectivity index (χ1) is 12.1. The summed E-state index contributed by atoms with van der Waals surface area (Å²) in [5.41, 5.74) is -0.920. The van der Waals surface area contributed by atoms with Crippen LogP contribution in [0.4, 0.5) is 19.0 Å². The Labute approximate surface area is 148 Å². The molecule has 1 aliphatic rings. The number of anilines is 1. The molecule has 1 fully saturated rings. The molecule has 3 rings (SSSR count). The van der Waals surface area contributed by atoms with Crippen LogP contribution in [-0.4, -0.2) is 41.4 Å². The first-order valence-electron chi connectivity index (χ1n) is 8.05. The van der Waals surface area contributed by atoms with E-state index in [0.717, 1.165) is 17.8 Å². The average Bonchev–Trinajstić information content (AvgIpc) is 3.24. The standard InChI is InChI=1S/C15H19F3N4O3S/c1-15(18,10-3-6-22(7-4-10)12-5-8-25-20-12)26(23,24)11-9-21(2)19-13(11)14(16)17/h5,8-10,14H,3-4,6-7H2,1-2H3/t15-/m1/s1. The molecule has 11 heteroatoms. The Hall–Kier alpha value is -2.04. The van der Waals surface area contributed by atoms with E-state index in [1.807, 2.05) is 4.90 Å². The number of sulfone groups is 1. The zero-order valence-corrected chi connectivity index (χ0v) is 15.1. The molecular formula is C15H19F3N4O3S. The average molecular weight is 392 g/mol. The molecule has 2 aromatic heterocycles. The van der Waals surface area contributed by atoms with Gasteiger partial charge in [-0.2, -0.15) is 5.10 Å². The van der Waals surface area contributed by atoms with Gasteiger partial charge in [0.2, 0.25) is 14.8 Å². The van der Waals surface area contributed by atoms with E-state index in [1.54, 1.807) is 6.07 Å². The van der Waals surface area contributed by atoms with Gasteiger partial charge in [-0.1, -0.05) is 5.16 Å². The van der Waals surface area contributed by atoms with Gasteiger partial charge < -0.3 is 9.42 Å². The van der Waals surface area contributed by atoms with E-state index in [-0.39, 0.29) is 12.8 Å². The number of hydrogen-bond acceptors (Lipinski definition) is 6. The Balaban J connectivity index is 1.83. The molecule has 0 aliphatic carbocycles. The second kappa shape index (κ2) is 6.60. The fourth-order valence-corrected chi connectivity index (χ4v) is 5.07. The number of nitrogens with zero attached hydrogens (tertiary/aromatic N) is 4. The SMILES string of the molecule is Cn1cc(S(=O)(=O)[C@@](C)(F)C2CCN(c3ccon3)CC2)c(C(F)F)n1. The lowest BCUT2D eigenvalue weighted by Gasteiger charge is -2.37. The summed E-state index contributed by atoms with van der Waals surface area (Å²) in [6, 6.07) is 1.66. The van der Waals surface area contributed by atoms with Gasteiger partial charge in [-0.15, -0.1) is 0 Å². The lowest BCUT2D eigenvalue weighted by Crippen LogP contribution is -2.45. The van der Waals surface area contributed by atoms with Crippen molar-refractivity contribution < 1.29 is 26.1 Å². The van der Waals surface area contributed by atoms with Crippen molar-refractivity contribution in [2.45, 2.75) is 36.1 Å².